The second-order valence-corrected chi connectivity index (χ2v) is 6.55. The molecule has 7 heteroatoms. The van der Waals surface area contributed by atoms with E-state index in [0.29, 0.717) is 5.56 Å². The molecule has 0 fully saturated rings. The van der Waals surface area contributed by atoms with Crippen molar-refractivity contribution in [2.75, 3.05) is 0 Å². The molecule has 7 nitrogen and oxygen atoms in total. The van der Waals surface area contributed by atoms with Crippen LogP contribution in [0.1, 0.15) is 48.9 Å². The van der Waals surface area contributed by atoms with E-state index >= 15 is 0 Å². The van der Waals surface area contributed by atoms with E-state index in [-0.39, 0.29) is 11.3 Å². The molecular weight excluding hydrogens is 358 g/mol. The van der Waals surface area contributed by atoms with E-state index in [4.69, 9.17) is 4.74 Å². The zero-order valence-corrected chi connectivity index (χ0v) is 16.4. The van der Waals surface area contributed by atoms with Gasteiger partial charge in [-0.1, -0.05) is 19.1 Å². The summed E-state index contributed by atoms with van der Waals surface area (Å²) in [5.74, 6) is -0.762. The number of nitrogens with zero attached hydrogens (tertiary/aromatic N) is 3. The first-order valence-electron chi connectivity index (χ1n) is 9.02. The summed E-state index contributed by atoms with van der Waals surface area (Å²) in [6.07, 6.45) is 1.78. The molecule has 1 aromatic carbocycles. The second-order valence-electron chi connectivity index (χ2n) is 6.55. The van der Waals surface area contributed by atoms with E-state index in [9.17, 15) is 20.2 Å². The highest BCUT2D eigenvalue weighted by Gasteiger charge is 2.19. The first-order valence-corrected chi connectivity index (χ1v) is 9.02. The highest BCUT2D eigenvalue weighted by molar-refractivity contribution is 5.98. The molecule has 0 N–H and O–H groups in total. The molecule has 0 bridgehead atoms. The summed E-state index contributed by atoms with van der Waals surface area (Å²) < 4.78 is 7.50. The Kier molecular flexibility index (Phi) is 6.72. The molecule has 1 heterocycles. The van der Waals surface area contributed by atoms with Crippen LogP contribution in [0, 0.1) is 35.3 Å². The van der Waals surface area contributed by atoms with Crippen LogP contribution in [0.15, 0.2) is 35.9 Å². The lowest BCUT2D eigenvalue weighted by Gasteiger charge is -2.13. The lowest BCUT2D eigenvalue weighted by molar-refractivity contribution is -0.385. The number of hydrogen-bond acceptors (Lipinski definition) is 5. The van der Waals surface area contributed by atoms with Crippen LogP contribution in [-0.4, -0.2) is 15.5 Å². The number of nitriles is 1. The standard InChI is InChI=1S/C21H23N3O4/c1-5-9-23-14(2)10-18(15(23)3)11-19(13-22)21(25)28-16(4)17-7-6-8-20(12-17)24(26)27/h6-8,10-12,16H,5,9H2,1-4H3/b19-11+/t16-/m1/s1. The van der Waals surface area contributed by atoms with Crippen molar-refractivity contribution < 1.29 is 14.5 Å². The predicted octanol–water partition coefficient (Wildman–Crippen LogP) is 4.63. The first-order chi connectivity index (χ1) is 13.3. The van der Waals surface area contributed by atoms with Gasteiger partial charge in [-0.15, -0.1) is 0 Å². The normalized spacial score (nSPS) is 12.3. The molecule has 1 aromatic heterocycles. The summed E-state index contributed by atoms with van der Waals surface area (Å²) in [7, 11) is 0. The van der Waals surface area contributed by atoms with Gasteiger partial charge in [0.2, 0.25) is 0 Å². The molecule has 2 aromatic rings. The molecule has 0 unspecified atom stereocenters. The average molecular weight is 381 g/mol. The number of benzene rings is 1. The number of ether oxygens (including phenoxy) is 1. The highest BCUT2D eigenvalue weighted by Crippen LogP contribution is 2.24. The van der Waals surface area contributed by atoms with Gasteiger partial charge in [0.15, 0.2) is 0 Å². The summed E-state index contributed by atoms with van der Waals surface area (Å²) >= 11 is 0. The van der Waals surface area contributed by atoms with Crippen LogP contribution in [0.5, 0.6) is 0 Å². The molecule has 1 atom stereocenters. The van der Waals surface area contributed by atoms with E-state index < -0.39 is 17.0 Å². The fourth-order valence-corrected chi connectivity index (χ4v) is 3.02. The van der Waals surface area contributed by atoms with Crippen LogP contribution >= 0.6 is 0 Å². The first kappa shape index (κ1) is 20.9. The number of nitro benzene ring substituents is 1. The molecule has 0 radical (unpaired) electrons. The molecule has 0 spiro atoms. The Morgan fingerprint density at radius 2 is 2.11 bits per heavy atom. The number of hydrogen-bond donors (Lipinski definition) is 0. The summed E-state index contributed by atoms with van der Waals surface area (Å²) in [5.41, 5.74) is 3.12. The summed E-state index contributed by atoms with van der Waals surface area (Å²) in [6.45, 7) is 8.48. The Hall–Kier alpha value is -3.40. The van der Waals surface area contributed by atoms with Crippen molar-refractivity contribution in [2.45, 2.75) is 46.8 Å². The third kappa shape index (κ3) is 4.65. The number of carbonyl (C=O) groups excluding carboxylic acids is 1. The number of nitro groups is 1. The van der Waals surface area contributed by atoms with Crippen LogP contribution in [0.3, 0.4) is 0 Å². The van der Waals surface area contributed by atoms with Gasteiger partial charge in [-0.05, 0) is 50.5 Å². The van der Waals surface area contributed by atoms with Crippen molar-refractivity contribution in [1.82, 2.24) is 4.57 Å². The van der Waals surface area contributed by atoms with Gasteiger partial charge in [0, 0.05) is 30.1 Å². The van der Waals surface area contributed by atoms with E-state index in [1.54, 1.807) is 13.0 Å². The molecule has 2 rings (SSSR count). The smallest absolute Gasteiger partial charge is 0.349 e. The number of carbonyl (C=O) groups is 1. The molecule has 146 valence electrons. The fourth-order valence-electron chi connectivity index (χ4n) is 3.02. The molecule has 0 amide bonds. The number of aromatic nitrogens is 1. The second kappa shape index (κ2) is 9.00. The van der Waals surface area contributed by atoms with Crippen LogP contribution in [0.25, 0.3) is 6.08 Å². The van der Waals surface area contributed by atoms with Gasteiger partial charge in [0.25, 0.3) is 5.69 Å². The fraction of sp³-hybridized carbons (Fsp3) is 0.333. The zero-order chi connectivity index (χ0) is 20.8. The SMILES string of the molecule is CCCn1c(C)cc(/C=C(\C#N)C(=O)O[C@H](C)c2cccc([N+](=O)[O-])c2)c1C. The van der Waals surface area contributed by atoms with E-state index in [1.807, 2.05) is 26.0 Å². The average Bonchev–Trinajstić information content (AvgIpc) is 2.93. The Morgan fingerprint density at radius 3 is 2.71 bits per heavy atom. The predicted molar refractivity (Wildman–Crippen MR) is 105 cm³/mol. The van der Waals surface area contributed by atoms with Gasteiger partial charge in [0.1, 0.15) is 17.7 Å². The van der Waals surface area contributed by atoms with Gasteiger partial charge in [-0.25, -0.2) is 4.79 Å². The number of rotatable bonds is 7. The third-order valence-corrected chi connectivity index (χ3v) is 4.53. The zero-order valence-electron chi connectivity index (χ0n) is 16.4. The lowest BCUT2D eigenvalue weighted by Crippen LogP contribution is -2.11. The van der Waals surface area contributed by atoms with E-state index in [1.165, 1.54) is 24.3 Å². The van der Waals surface area contributed by atoms with Gasteiger partial charge < -0.3 is 9.30 Å². The largest absolute Gasteiger partial charge is 0.454 e. The van der Waals surface area contributed by atoms with E-state index in [0.717, 1.165) is 29.9 Å². The maximum Gasteiger partial charge on any atom is 0.349 e. The van der Waals surface area contributed by atoms with Crippen LogP contribution in [0.2, 0.25) is 0 Å². The maximum absolute atomic E-state index is 12.5. The van der Waals surface area contributed by atoms with Crippen molar-refractivity contribution in [1.29, 1.82) is 5.26 Å². The summed E-state index contributed by atoms with van der Waals surface area (Å²) in [6, 6.07) is 9.71. The quantitative estimate of drug-likeness (QED) is 0.229. The molecular formula is C21H23N3O4. The van der Waals surface area contributed by atoms with Crippen LogP contribution < -0.4 is 0 Å². The van der Waals surface area contributed by atoms with Crippen molar-refractivity contribution in [2.24, 2.45) is 0 Å². The number of non-ortho nitro benzene ring substituents is 1. The van der Waals surface area contributed by atoms with Gasteiger partial charge in [-0.2, -0.15) is 5.26 Å². The summed E-state index contributed by atoms with van der Waals surface area (Å²) in [5, 5.41) is 20.3. The van der Waals surface area contributed by atoms with Crippen LogP contribution in [-0.2, 0) is 16.1 Å². The Morgan fingerprint density at radius 1 is 1.39 bits per heavy atom. The van der Waals surface area contributed by atoms with Crippen molar-refractivity contribution in [3.05, 3.63) is 68.5 Å². The summed E-state index contributed by atoms with van der Waals surface area (Å²) in [4.78, 5) is 22.9. The molecule has 0 aliphatic carbocycles. The Balaban J connectivity index is 2.23. The van der Waals surface area contributed by atoms with Gasteiger partial charge in [0.05, 0.1) is 4.92 Å². The topological polar surface area (TPSA) is 98.2 Å². The van der Waals surface area contributed by atoms with Gasteiger partial charge >= 0.3 is 5.97 Å². The monoisotopic (exact) mass is 381 g/mol. The Labute approximate surface area is 164 Å². The van der Waals surface area contributed by atoms with Gasteiger partial charge in [-0.3, -0.25) is 10.1 Å². The highest BCUT2D eigenvalue weighted by atomic mass is 16.6. The minimum absolute atomic E-state index is 0.0835. The van der Waals surface area contributed by atoms with Crippen molar-refractivity contribution >= 4 is 17.7 Å². The number of aryl methyl sites for hydroxylation is 1. The lowest BCUT2D eigenvalue weighted by atomic mass is 10.1. The minimum Gasteiger partial charge on any atom is -0.454 e. The minimum atomic E-state index is -0.762. The molecule has 0 aliphatic heterocycles. The Bertz CT molecular complexity index is 967. The molecule has 0 aliphatic rings. The van der Waals surface area contributed by atoms with Crippen LogP contribution in [0.4, 0.5) is 5.69 Å². The molecule has 28 heavy (non-hydrogen) atoms. The number of esters is 1. The third-order valence-electron chi connectivity index (χ3n) is 4.53. The van der Waals surface area contributed by atoms with Crippen molar-refractivity contribution in [3.8, 4) is 6.07 Å². The molecule has 0 saturated heterocycles. The maximum atomic E-state index is 12.5. The van der Waals surface area contributed by atoms with Crippen molar-refractivity contribution in [3.63, 3.8) is 0 Å². The van der Waals surface area contributed by atoms with E-state index in [2.05, 4.69) is 11.5 Å². The molecule has 0 saturated carbocycles.